The first-order valence-corrected chi connectivity index (χ1v) is 10.1. The van der Waals surface area contributed by atoms with Crippen LogP contribution in [0.2, 0.25) is 0 Å². The van der Waals surface area contributed by atoms with E-state index in [1.807, 2.05) is 36.4 Å². The normalized spacial score (nSPS) is 9.00. The second-order valence-corrected chi connectivity index (χ2v) is 6.80. The molecule has 0 atom stereocenters. The van der Waals surface area contributed by atoms with E-state index in [9.17, 15) is 0 Å². The van der Waals surface area contributed by atoms with Crippen LogP contribution in [-0.4, -0.2) is 30.7 Å². The average molecular weight is 421 g/mol. The third-order valence-corrected chi connectivity index (χ3v) is 4.61. The molecule has 174 valence electrons. The van der Waals surface area contributed by atoms with Crippen molar-refractivity contribution in [3.8, 4) is 0 Å². The molecule has 0 saturated carbocycles. The summed E-state index contributed by atoms with van der Waals surface area (Å²) in [6.07, 6.45) is 11.1. The molecule has 0 fully saturated rings. The zero-order valence-electron chi connectivity index (χ0n) is 18.4. The van der Waals surface area contributed by atoms with E-state index >= 15 is 0 Å². The molecule has 0 aliphatic carbocycles. The molecule has 6 heteroatoms. The van der Waals surface area contributed by atoms with Gasteiger partial charge in [0.25, 0.3) is 0 Å². The Morgan fingerprint density at radius 2 is 0.571 bits per heavy atom. The van der Waals surface area contributed by atoms with Gasteiger partial charge in [0.2, 0.25) is 0 Å². The zero-order valence-corrected chi connectivity index (χ0v) is 18.4. The summed E-state index contributed by atoms with van der Waals surface area (Å²) in [5.74, 6) is 0. The second-order valence-electron chi connectivity index (χ2n) is 6.80. The van der Waals surface area contributed by atoms with Gasteiger partial charge in [0.15, 0.2) is 0 Å². The highest BCUT2D eigenvalue weighted by molar-refractivity contribution is 4.99. The lowest BCUT2D eigenvalue weighted by atomic mass is 10.1. The fraction of sp³-hybridized carbons (Fsp3) is 0.727. The maximum atomic E-state index is 2.33. The Morgan fingerprint density at radius 1 is 0.393 bits per heavy atom. The summed E-state index contributed by atoms with van der Waals surface area (Å²) in [4.78, 5) is 0. The van der Waals surface area contributed by atoms with Crippen LogP contribution in [0.4, 0.5) is 23.5 Å². The second kappa shape index (κ2) is 30.6. The maximum absolute atomic E-state index is 2.33. The number of rotatable bonds is 12. The first kappa shape index (κ1) is 41.3. The van der Waals surface area contributed by atoms with Gasteiger partial charge in [0.05, 0.1) is 26.2 Å². The zero-order chi connectivity index (χ0) is 17.2. The minimum Gasteiger partial charge on any atom is -0.324 e. The molecule has 1 rings (SSSR count). The lowest BCUT2D eigenvalue weighted by Gasteiger charge is -2.39. The van der Waals surface area contributed by atoms with Crippen molar-refractivity contribution in [3.05, 3.63) is 36.4 Å². The van der Waals surface area contributed by atoms with Crippen LogP contribution in [-0.2, 0) is 0 Å². The number of halogens is 5. The van der Waals surface area contributed by atoms with Crippen LogP contribution < -0.4 is 0 Å². The molecule has 0 aromatic heterocycles. The molecule has 0 aliphatic rings. The number of benzene rings is 1. The molecular formula is C22H47F5N+. The Hall–Kier alpha value is -1.17. The van der Waals surface area contributed by atoms with Crippen molar-refractivity contribution >= 4 is 0 Å². The molecular weight excluding hydrogens is 373 g/mol. The number of nitrogens with zero attached hydrogens (tertiary/aromatic N) is 1. The van der Waals surface area contributed by atoms with Gasteiger partial charge in [-0.15, -0.1) is 0 Å². The molecule has 0 spiro atoms. The van der Waals surface area contributed by atoms with Gasteiger partial charge in [-0.2, -0.15) is 0 Å². The van der Waals surface area contributed by atoms with E-state index in [4.69, 9.17) is 0 Å². The molecule has 1 aromatic rings. The largest absolute Gasteiger partial charge is 0.324 e. The molecule has 0 bridgehead atoms. The van der Waals surface area contributed by atoms with Crippen LogP contribution in [0.25, 0.3) is 0 Å². The van der Waals surface area contributed by atoms with Gasteiger partial charge in [0.1, 0.15) is 0 Å². The van der Waals surface area contributed by atoms with Crippen LogP contribution in [0.5, 0.6) is 0 Å². The van der Waals surface area contributed by atoms with Crippen molar-refractivity contribution in [2.45, 2.75) is 79.1 Å². The average Bonchev–Trinajstić information content (AvgIpc) is 2.62. The lowest BCUT2D eigenvalue weighted by molar-refractivity contribution is -0.929. The first-order chi connectivity index (χ1) is 11.2. The Kier molecular flexibility index (Phi) is 45.0. The van der Waals surface area contributed by atoms with Gasteiger partial charge in [0, 0.05) is 0 Å². The molecule has 0 unspecified atom stereocenters. The predicted molar refractivity (Wildman–Crippen MR) is 118 cm³/mol. The van der Waals surface area contributed by atoms with Gasteiger partial charge >= 0.3 is 0 Å². The molecule has 1 nitrogen and oxygen atoms in total. The molecule has 28 heavy (non-hydrogen) atoms. The minimum absolute atomic E-state index is 0. The first-order valence-electron chi connectivity index (χ1n) is 10.1. The molecule has 0 radical (unpaired) electrons. The van der Waals surface area contributed by atoms with E-state index in [1.54, 1.807) is 0 Å². The summed E-state index contributed by atoms with van der Waals surface area (Å²) in [5, 5.41) is 0. The maximum Gasteiger partial charge on any atom is 0.0786 e. The fourth-order valence-corrected chi connectivity index (χ4v) is 3.03. The Bertz CT molecular complexity index is 275. The van der Waals surface area contributed by atoms with Crippen molar-refractivity contribution in [2.75, 3.05) is 26.2 Å². The Morgan fingerprint density at radius 3 is 0.714 bits per heavy atom. The summed E-state index contributed by atoms with van der Waals surface area (Å²) in [6.45, 7) is 15.0. The number of hydrogen-bond donors (Lipinski definition) is 0. The predicted octanol–water partition coefficient (Wildman–Crippen LogP) is 7.45. The number of unbranched alkanes of at least 4 members (excludes halogenated alkanes) is 4. The fourth-order valence-electron chi connectivity index (χ4n) is 3.03. The lowest BCUT2D eigenvalue weighted by Crippen LogP contribution is -2.50. The SMILES string of the molecule is CCCC[N+](CCCC)(CCCC)CCCC.F.F.F.F.F.c1ccccc1. The molecule has 0 N–H and O–H groups in total. The van der Waals surface area contributed by atoms with Crippen LogP contribution >= 0.6 is 0 Å². The van der Waals surface area contributed by atoms with Gasteiger partial charge in [-0.3, -0.25) is 23.5 Å². The summed E-state index contributed by atoms with van der Waals surface area (Å²) in [5.41, 5.74) is 0. The Balaban J connectivity index is -0.0000000950. The number of quaternary nitrogens is 1. The van der Waals surface area contributed by atoms with Gasteiger partial charge in [-0.05, 0) is 25.7 Å². The highest BCUT2D eigenvalue weighted by Gasteiger charge is 2.24. The molecule has 0 amide bonds. The van der Waals surface area contributed by atoms with E-state index in [0.717, 1.165) is 0 Å². The summed E-state index contributed by atoms with van der Waals surface area (Å²) < 4.78 is 1.42. The molecule has 0 aliphatic heterocycles. The summed E-state index contributed by atoms with van der Waals surface area (Å²) in [6, 6.07) is 12.0. The van der Waals surface area contributed by atoms with Crippen molar-refractivity contribution in [1.29, 1.82) is 0 Å². The Labute approximate surface area is 170 Å². The third kappa shape index (κ3) is 22.9. The van der Waals surface area contributed by atoms with E-state index in [-0.39, 0.29) is 23.5 Å². The van der Waals surface area contributed by atoms with Crippen LogP contribution in [0.1, 0.15) is 79.1 Å². The number of hydrogen-bond acceptors (Lipinski definition) is 0. The highest BCUT2D eigenvalue weighted by Crippen LogP contribution is 2.16. The van der Waals surface area contributed by atoms with Crippen molar-refractivity contribution < 1.29 is 28.0 Å². The van der Waals surface area contributed by atoms with Crippen molar-refractivity contribution in [1.82, 2.24) is 0 Å². The van der Waals surface area contributed by atoms with Crippen molar-refractivity contribution in [2.24, 2.45) is 0 Å². The highest BCUT2D eigenvalue weighted by atomic mass is 19.0. The van der Waals surface area contributed by atoms with Crippen LogP contribution in [0, 0.1) is 0 Å². The van der Waals surface area contributed by atoms with E-state index < -0.39 is 0 Å². The molecule has 0 saturated heterocycles. The smallest absolute Gasteiger partial charge is 0.0786 e. The molecule has 1 aromatic carbocycles. The van der Waals surface area contributed by atoms with Crippen molar-refractivity contribution in [3.63, 3.8) is 0 Å². The third-order valence-electron chi connectivity index (χ3n) is 4.61. The van der Waals surface area contributed by atoms with Crippen LogP contribution in [0.15, 0.2) is 36.4 Å². The van der Waals surface area contributed by atoms with E-state index in [2.05, 4.69) is 27.7 Å². The minimum atomic E-state index is 0. The molecule has 0 heterocycles. The quantitative estimate of drug-likeness (QED) is 0.243. The summed E-state index contributed by atoms with van der Waals surface area (Å²) in [7, 11) is 0. The van der Waals surface area contributed by atoms with Crippen LogP contribution in [0.3, 0.4) is 0 Å². The van der Waals surface area contributed by atoms with Gasteiger partial charge in [-0.25, -0.2) is 0 Å². The standard InChI is InChI=1S/C16H36N.C6H6.5FH/c1-5-9-13-17(14-10-6-2,15-11-7-3)16-12-8-4;1-2-4-6-5-3-1;;;;;/h5-16H2,1-4H3;1-6H;5*1H/q+1;;;;;;. The van der Waals surface area contributed by atoms with Gasteiger partial charge < -0.3 is 4.48 Å². The van der Waals surface area contributed by atoms with E-state index in [1.165, 1.54) is 82.0 Å². The summed E-state index contributed by atoms with van der Waals surface area (Å²) >= 11 is 0. The van der Waals surface area contributed by atoms with Gasteiger partial charge in [-0.1, -0.05) is 89.8 Å². The monoisotopic (exact) mass is 420 g/mol. The van der Waals surface area contributed by atoms with E-state index in [0.29, 0.717) is 0 Å². The topological polar surface area (TPSA) is 0 Å².